The number of fused-ring (bicyclic) bond motifs is 1. The molecule has 0 spiro atoms. The maximum absolute atomic E-state index is 12.9. The van der Waals surface area contributed by atoms with E-state index in [-0.39, 0.29) is 5.91 Å². The predicted octanol–water partition coefficient (Wildman–Crippen LogP) is 3.68. The second-order valence-corrected chi connectivity index (χ2v) is 6.94. The third kappa shape index (κ3) is 2.85. The first-order valence-electron chi connectivity index (χ1n) is 9.44. The summed E-state index contributed by atoms with van der Waals surface area (Å²) in [6.07, 6.45) is 6.34. The highest BCUT2D eigenvalue weighted by Crippen LogP contribution is 2.26. The van der Waals surface area contributed by atoms with Crippen LogP contribution in [0.25, 0.3) is 28.2 Å². The zero-order chi connectivity index (χ0) is 18.9. The van der Waals surface area contributed by atoms with Gasteiger partial charge in [-0.15, -0.1) is 10.2 Å². The van der Waals surface area contributed by atoms with Crippen molar-refractivity contribution in [3.8, 4) is 22.7 Å². The number of carbonyl (C=O) groups is 1. The Hall–Kier alpha value is -3.48. The van der Waals surface area contributed by atoms with Gasteiger partial charge in [-0.2, -0.15) is 5.10 Å². The van der Waals surface area contributed by atoms with E-state index in [0.29, 0.717) is 11.5 Å². The van der Waals surface area contributed by atoms with Crippen molar-refractivity contribution < 1.29 is 9.21 Å². The van der Waals surface area contributed by atoms with Gasteiger partial charge >= 0.3 is 0 Å². The number of rotatable bonds is 3. The molecule has 1 aromatic carbocycles. The summed E-state index contributed by atoms with van der Waals surface area (Å²) >= 11 is 0. The van der Waals surface area contributed by atoms with Gasteiger partial charge in [0, 0.05) is 24.2 Å². The van der Waals surface area contributed by atoms with Crippen LogP contribution in [0, 0.1) is 0 Å². The van der Waals surface area contributed by atoms with Gasteiger partial charge in [-0.3, -0.25) is 4.79 Å². The lowest BCUT2D eigenvalue weighted by Gasteiger charge is -2.26. The highest BCUT2D eigenvalue weighted by atomic mass is 16.4. The fourth-order valence-electron chi connectivity index (χ4n) is 3.74. The summed E-state index contributed by atoms with van der Waals surface area (Å²) in [5.74, 6) is 0.553. The van der Waals surface area contributed by atoms with Gasteiger partial charge in [-0.1, -0.05) is 18.2 Å². The van der Waals surface area contributed by atoms with Crippen molar-refractivity contribution in [1.29, 1.82) is 0 Å². The van der Waals surface area contributed by atoms with Crippen LogP contribution < -0.4 is 0 Å². The minimum atomic E-state index is 0.0681. The van der Waals surface area contributed by atoms with E-state index in [4.69, 9.17) is 4.42 Å². The van der Waals surface area contributed by atoms with Crippen LogP contribution >= 0.6 is 0 Å². The molecule has 7 nitrogen and oxygen atoms in total. The Morgan fingerprint density at radius 1 is 0.964 bits per heavy atom. The Bertz CT molecular complexity index is 1110. The van der Waals surface area contributed by atoms with E-state index in [9.17, 15) is 4.79 Å². The number of hydrogen-bond donors (Lipinski definition) is 0. The van der Waals surface area contributed by atoms with Gasteiger partial charge in [-0.25, -0.2) is 4.52 Å². The van der Waals surface area contributed by atoms with Gasteiger partial charge in [0.2, 0.25) is 12.3 Å². The van der Waals surface area contributed by atoms with Crippen molar-refractivity contribution in [2.24, 2.45) is 0 Å². The summed E-state index contributed by atoms with van der Waals surface area (Å²) in [6, 6.07) is 13.8. The van der Waals surface area contributed by atoms with Crippen LogP contribution in [0.15, 0.2) is 59.5 Å². The van der Waals surface area contributed by atoms with Crippen LogP contribution in [0.3, 0.4) is 0 Å². The van der Waals surface area contributed by atoms with Crippen molar-refractivity contribution >= 4 is 11.4 Å². The van der Waals surface area contributed by atoms with Crippen molar-refractivity contribution in [3.63, 3.8) is 0 Å². The Labute approximate surface area is 161 Å². The monoisotopic (exact) mass is 373 g/mol. The third-order valence-corrected chi connectivity index (χ3v) is 5.20. The number of nitrogens with zero attached hydrogens (tertiary/aromatic N) is 5. The minimum Gasteiger partial charge on any atom is -0.423 e. The Morgan fingerprint density at radius 2 is 1.75 bits per heavy atom. The number of amides is 1. The molecule has 0 aliphatic carbocycles. The standard InChI is InChI=1S/C21H19N5O2/c27-21(25-11-2-1-3-12-25)17-13-23-26-18(5-4-6-19(17)26)15-7-9-16(10-8-15)20-24-22-14-28-20/h4-10,13-14H,1-3,11-12H2. The molecule has 1 aliphatic rings. The summed E-state index contributed by atoms with van der Waals surface area (Å²) in [6.45, 7) is 1.65. The van der Waals surface area contributed by atoms with Crippen LogP contribution in [-0.2, 0) is 0 Å². The SMILES string of the molecule is O=C(c1cnn2c(-c3ccc(-c4nnco4)cc3)cccc12)N1CCCCC1. The molecule has 28 heavy (non-hydrogen) atoms. The summed E-state index contributed by atoms with van der Waals surface area (Å²) in [5, 5.41) is 12.2. The smallest absolute Gasteiger partial charge is 0.257 e. The van der Waals surface area contributed by atoms with E-state index >= 15 is 0 Å². The van der Waals surface area contributed by atoms with Crippen LogP contribution in [0.4, 0.5) is 0 Å². The molecular formula is C21H19N5O2. The highest BCUT2D eigenvalue weighted by Gasteiger charge is 2.22. The van der Waals surface area contributed by atoms with Crippen molar-refractivity contribution in [2.75, 3.05) is 13.1 Å². The molecule has 0 unspecified atom stereocenters. The van der Waals surface area contributed by atoms with Gasteiger partial charge in [0.25, 0.3) is 5.91 Å². The molecule has 4 aromatic rings. The summed E-state index contributed by atoms with van der Waals surface area (Å²) in [7, 11) is 0. The average molecular weight is 373 g/mol. The number of carbonyl (C=O) groups excluding carboxylic acids is 1. The predicted molar refractivity (Wildman–Crippen MR) is 104 cm³/mol. The molecule has 0 saturated carbocycles. The van der Waals surface area contributed by atoms with Crippen LogP contribution in [0.2, 0.25) is 0 Å². The fraction of sp³-hybridized carbons (Fsp3) is 0.238. The zero-order valence-corrected chi connectivity index (χ0v) is 15.3. The second-order valence-electron chi connectivity index (χ2n) is 6.94. The van der Waals surface area contributed by atoms with E-state index in [1.807, 2.05) is 51.9 Å². The van der Waals surface area contributed by atoms with Crippen LogP contribution in [-0.4, -0.2) is 43.7 Å². The molecule has 0 radical (unpaired) electrons. The lowest BCUT2D eigenvalue weighted by atomic mass is 10.1. The quantitative estimate of drug-likeness (QED) is 0.547. The molecule has 140 valence electrons. The topological polar surface area (TPSA) is 76.5 Å². The van der Waals surface area contributed by atoms with E-state index < -0.39 is 0 Å². The van der Waals surface area contributed by atoms with Gasteiger partial charge in [-0.05, 0) is 43.5 Å². The Morgan fingerprint density at radius 3 is 2.50 bits per heavy atom. The maximum atomic E-state index is 12.9. The summed E-state index contributed by atoms with van der Waals surface area (Å²) in [4.78, 5) is 14.9. The molecule has 1 amide bonds. The first kappa shape index (κ1) is 16.7. The molecule has 5 rings (SSSR count). The fourth-order valence-corrected chi connectivity index (χ4v) is 3.74. The lowest BCUT2D eigenvalue weighted by molar-refractivity contribution is 0.0726. The molecule has 3 aromatic heterocycles. The van der Waals surface area contributed by atoms with E-state index in [1.54, 1.807) is 6.20 Å². The van der Waals surface area contributed by atoms with Gasteiger partial charge in [0.05, 0.1) is 23.0 Å². The van der Waals surface area contributed by atoms with E-state index in [1.165, 1.54) is 12.8 Å². The Kier molecular flexibility index (Phi) is 4.12. The Balaban J connectivity index is 1.51. The molecule has 1 saturated heterocycles. The summed E-state index contributed by atoms with van der Waals surface area (Å²) < 4.78 is 7.07. The second kappa shape index (κ2) is 6.92. The van der Waals surface area contributed by atoms with Gasteiger partial charge < -0.3 is 9.32 Å². The average Bonchev–Trinajstić information content (AvgIpc) is 3.44. The number of likely N-dealkylation sites (tertiary alicyclic amines) is 1. The molecule has 0 atom stereocenters. The largest absolute Gasteiger partial charge is 0.423 e. The van der Waals surface area contributed by atoms with E-state index in [2.05, 4.69) is 15.3 Å². The van der Waals surface area contributed by atoms with Gasteiger partial charge in [0.15, 0.2) is 0 Å². The number of aromatic nitrogens is 4. The highest BCUT2D eigenvalue weighted by molar-refractivity contribution is 6.01. The molecule has 1 fully saturated rings. The van der Waals surface area contributed by atoms with Crippen LogP contribution in [0.5, 0.6) is 0 Å². The molecular weight excluding hydrogens is 354 g/mol. The molecule has 0 N–H and O–H groups in total. The number of pyridine rings is 1. The molecule has 0 bridgehead atoms. The first-order valence-corrected chi connectivity index (χ1v) is 9.44. The molecule has 4 heterocycles. The first-order chi connectivity index (χ1) is 13.8. The van der Waals surface area contributed by atoms with Gasteiger partial charge in [0.1, 0.15) is 0 Å². The van der Waals surface area contributed by atoms with Crippen molar-refractivity contribution in [3.05, 3.63) is 60.6 Å². The lowest BCUT2D eigenvalue weighted by Crippen LogP contribution is -2.35. The molecule has 7 heteroatoms. The maximum Gasteiger partial charge on any atom is 0.257 e. The van der Waals surface area contributed by atoms with Crippen molar-refractivity contribution in [1.82, 2.24) is 24.7 Å². The van der Waals surface area contributed by atoms with Crippen LogP contribution in [0.1, 0.15) is 29.6 Å². The summed E-state index contributed by atoms with van der Waals surface area (Å²) in [5.41, 5.74) is 4.26. The number of hydrogen-bond acceptors (Lipinski definition) is 5. The molecule has 1 aliphatic heterocycles. The van der Waals surface area contributed by atoms with E-state index in [0.717, 1.165) is 48.3 Å². The number of benzene rings is 1. The number of piperidine rings is 1. The zero-order valence-electron chi connectivity index (χ0n) is 15.3. The third-order valence-electron chi connectivity index (χ3n) is 5.20. The normalized spacial score (nSPS) is 14.5. The minimum absolute atomic E-state index is 0.0681. The van der Waals surface area contributed by atoms with Crippen molar-refractivity contribution in [2.45, 2.75) is 19.3 Å².